The first kappa shape index (κ1) is 14.8. The maximum Gasteiger partial charge on any atom is 0.253 e. The number of hydrogen-bond acceptors (Lipinski definition) is 3. The Morgan fingerprint density at radius 3 is 2.78 bits per heavy atom. The minimum absolute atomic E-state index is 0.157. The molecule has 0 spiro atoms. The SMILES string of the molecule is CNC(=O)c1cc(Cl)ccc1NCCCCCO. The van der Waals surface area contributed by atoms with Gasteiger partial charge in [0.15, 0.2) is 0 Å². The lowest BCUT2D eigenvalue weighted by molar-refractivity contribution is 0.0964. The molecule has 0 aliphatic heterocycles. The fourth-order valence-electron chi connectivity index (χ4n) is 1.63. The number of unbranched alkanes of at least 4 members (excludes halogenated alkanes) is 2. The van der Waals surface area contributed by atoms with E-state index in [4.69, 9.17) is 16.7 Å². The third-order valence-corrected chi connectivity index (χ3v) is 2.84. The smallest absolute Gasteiger partial charge is 0.253 e. The summed E-state index contributed by atoms with van der Waals surface area (Å²) in [6, 6.07) is 5.21. The number of halogens is 1. The number of amides is 1. The topological polar surface area (TPSA) is 61.4 Å². The molecule has 0 saturated heterocycles. The average molecular weight is 271 g/mol. The van der Waals surface area contributed by atoms with Gasteiger partial charge in [0.05, 0.1) is 5.56 Å². The van der Waals surface area contributed by atoms with E-state index in [1.807, 2.05) is 0 Å². The molecular weight excluding hydrogens is 252 g/mol. The van der Waals surface area contributed by atoms with Gasteiger partial charge in [0, 0.05) is 30.9 Å². The molecule has 0 aromatic heterocycles. The maximum atomic E-state index is 11.7. The number of nitrogens with one attached hydrogen (secondary N) is 2. The van der Waals surface area contributed by atoms with Crippen molar-refractivity contribution in [2.75, 3.05) is 25.5 Å². The molecule has 4 nitrogen and oxygen atoms in total. The molecule has 0 atom stereocenters. The number of hydrogen-bond donors (Lipinski definition) is 3. The number of aliphatic hydroxyl groups is 1. The van der Waals surface area contributed by atoms with E-state index >= 15 is 0 Å². The summed E-state index contributed by atoms with van der Waals surface area (Å²) < 4.78 is 0. The predicted molar refractivity (Wildman–Crippen MR) is 74.3 cm³/mol. The van der Waals surface area contributed by atoms with Crippen LogP contribution in [0, 0.1) is 0 Å². The highest BCUT2D eigenvalue weighted by Gasteiger charge is 2.10. The van der Waals surface area contributed by atoms with Crippen LogP contribution in [-0.4, -0.2) is 31.2 Å². The molecule has 0 fully saturated rings. The first-order valence-corrected chi connectivity index (χ1v) is 6.43. The van der Waals surface area contributed by atoms with Crippen LogP contribution in [0.2, 0.25) is 5.02 Å². The van der Waals surface area contributed by atoms with Crippen molar-refractivity contribution in [2.24, 2.45) is 0 Å². The average Bonchev–Trinajstić information content (AvgIpc) is 2.39. The van der Waals surface area contributed by atoms with E-state index in [1.54, 1.807) is 25.2 Å². The van der Waals surface area contributed by atoms with Gasteiger partial charge in [0.1, 0.15) is 0 Å². The Bertz CT molecular complexity index is 397. The lowest BCUT2D eigenvalue weighted by atomic mass is 10.1. The van der Waals surface area contributed by atoms with E-state index < -0.39 is 0 Å². The largest absolute Gasteiger partial charge is 0.396 e. The predicted octanol–water partition coefficient (Wildman–Crippen LogP) is 2.27. The Morgan fingerprint density at radius 1 is 1.33 bits per heavy atom. The van der Waals surface area contributed by atoms with Crippen molar-refractivity contribution in [3.05, 3.63) is 28.8 Å². The molecule has 0 unspecified atom stereocenters. The molecule has 0 aliphatic rings. The van der Waals surface area contributed by atoms with E-state index in [-0.39, 0.29) is 12.5 Å². The monoisotopic (exact) mass is 270 g/mol. The van der Waals surface area contributed by atoms with Crippen molar-refractivity contribution in [3.8, 4) is 0 Å². The molecule has 1 aromatic carbocycles. The molecule has 100 valence electrons. The second kappa shape index (κ2) is 7.95. The number of anilines is 1. The van der Waals surface area contributed by atoms with E-state index in [0.29, 0.717) is 10.6 Å². The number of benzene rings is 1. The highest BCUT2D eigenvalue weighted by molar-refractivity contribution is 6.31. The summed E-state index contributed by atoms with van der Waals surface area (Å²) in [7, 11) is 1.59. The van der Waals surface area contributed by atoms with E-state index in [9.17, 15) is 4.79 Å². The van der Waals surface area contributed by atoms with Crippen molar-refractivity contribution >= 4 is 23.2 Å². The van der Waals surface area contributed by atoms with E-state index in [0.717, 1.165) is 31.5 Å². The van der Waals surface area contributed by atoms with Crippen LogP contribution in [0.4, 0.5) is 5.69 Å². The summed E-state index contributed by atoms with van der Waals surface area (Å²) in [5.74, 6) is -0.157. The van der Waals surface area contributed by atoms with Crippen LogP contribution in [0.15, 0.2) is 18.2 Å². The quantitative estimate of drug-likeness (QED) is 0.666. The second-order valence-electron chi connectivity index (χ2n) is 3.98. The van der Waals surface area contributed by atoms with Crippen molar-refractivity contribution in [1.29, 1.82) is 0 Å². The number of carbonyl (C=O) groups is 1. The molecule has 1 amide bonds. The minimum Gasteiger partial charge on any atom is -0.396 e. The van der Waals surface area contributed by atoms with Crippen molar-refractivity contribution in [1.82, 2.24) is 5.32 Å². The lowest BCUT2D eigenvalue weighted by Crippen LogP contribution is -2.20. The number of aliphatic hydroxyl groups excluding tert-OH is 1. The summed E-state index contributed by atoms with van der Waals surface area (Å²) in [5.41, 5.74) is 1.33. The van der Waals surface area contributed by atoms with Crippen LogP contribution in [0.1, 0.15) is 29.6 Å². The third kappa shape index (κ3) is 4.55. The van der Waals surface area contributed by atoms with Crippen molar-refractivity contribution in [2.45, 2.75) is 19.3 Å². The Hall–Kier alpha value is -1.26. The van der Waals surface area contributed by atoms with Crippen molar-refractivity contribution < 1.29 is 9.90 Å². The Balaban J connectivity index is 2.61. The van der Waals surface area contributed by atoms with Gasteiger partial charge in [-0.2, -0.15) is 0 Å². The summed E-state index contributed by atoms with van der Waals surface area (Å²) in [5, 5.41) is 15.0. The molecule has 0 aliphatic carbocycles. The molecule has 18 heavy (non-hydrogen) atoms. The van der Waals surface area contributed by atoms with Gasteiger partial charge < -0.3 is 15.7 Å². The van der Waals surface area contributed by atoms with E-state index in [1.165, 1.54) is 0 Å². The molecule has 0 heterocycles. The first-order valence-electron chi connectivity index (χ1n) is 6.05. The standard InChI is InChI=1S/C13H19ClN2O2/c1-15-13(18)11-9-10(14)5-6-12(11)16-7-3-2-4-8-17/h5-6,9,16-17H,2-4,7-8H2,1H3,(H,15,18). The highest BCUT2D eigenvalue weighted by Crippen LogP contribution is 2.20. The zero-order valence-corrected chi connectivity index (χ0v) is 11.3. The minimum atomic E-state index is -0.157. The zero-order chi connectivity index (χ0) is 13.4. The van der Waals surface area contributed by atoms with Crippen LogP contribution in [0.25, 0.3) is 0 Å². The van der Waals surface area contributed by atoms with Crippen LogP contribution < -0.4 is 10.6 Å². The van der Waals surface area contributed by atoms with Gasteiger partial charge in [0.2, 0.25) is 0 Å². The Labute approximate surface area is 112 Å². The zero-order valence-electron chi connectivity index (χ0n) is 10.5. The first-order chi connectivity index (χ1) is 8.69. The van der Waals surface area contributed by atoms with Crippen LogP contribution in [0.5, 0.6) is 0 Å². The third-order valence-electron chi connectivity index (χ3n) is 2.60. The maximum absolute atomic E-state index is 11.7. The molecular formula is C13H19ClN2O2. The van der Waals surface area contributed by atoms with Crippen LogP contribution in [-0.2, 0) is 0 Å². The fourth-order valence-corrected chi connectivity index (χ4v) is 1.80. The van der Waals surface area contributed by atoms with Gasteiger partial charge in [-0.15, -0.1) is 0 Å². The molecule has 0 radical (unpaired) electrons. The number of rotatable bonds is 7. The summed E-state index contributed by atoms with van der Waals surface area (Å²) in [6.45, 7) is 0.996. The summed E-state index contributed by atoms with van der Waals surface area (Å²) in [4.78, 5) is 11.7. The van der Waals surface area contributed by atoms with Gasteiger partial charge in [0.25, 0.3) is 5.91 Å². The van der Waals surface area contributed by atoms with Crippen molar-refractivity contribution in [3.63, 3.8) is 0 Å². The van der Waals surface area contributed by atoms with Gasteiger partial charge in [-0.05, 0) is 37.5 Å². The van der Waals surface area contributed by atoms with Gasteiger partial charge in [-0.1, -0.05) is 11.6 Å². The second-order valence-corrected chi connectivity index (χ2v) is 4.42. The normalized spacial score (nSPS) is 10.2. The molecule has 0 saturated carbocycles. The molecule has 1 aromatic rings. The molecule has 5 heteroatoms. The summed E-state index contributed by atoms with van der Waals surface area (Å²) in [6.07, 6.45) is 2.73. The summed E-state index contributed by atoms with van der Waals surface area (Å²) >= 11 is 5.88. The van der Waals surface area contributed by atoms with Crippen LogP contribution in [0.3, 0.4) is 0 Å². The highest BCUT2D eigenvalue weighted by atomic mass is 35.5. The van der Waals surface area contributed by atoms with Crippen LogP contribution >= 0.6 is 11.6 Å². The number of carbonyl (C=O) groups excluding carboxylic acids is 1. The fraction of sp³-hybridized carbons (Fsp3) is 0.462. The molecule has 0 bridgehead atoms. The Kier molecular flexibility index (Phi) is 6.54. The Morgan fingerprint density at radius 2 is 2.11 bits per heavy atom. The van der Waals surface area contributed by atoms with E-state index in [2.05, 4.69) is 10.6 Å². The van der Waals surface area contributed by atoms with Gasteiger partial charge in [-0.3, -0.25) is 4.79 Å². The molecule has 1 rings (SSSR count). The van der Waals surface area contributed by atoms with Gasteiger partial charge in [-0.25, -0.2) is 0 Å². The molecule has 3 N–H and O–H groups in total. The van der Waals surface area contributed by atoms with Gasteiger partial charge >= 0.3 is 0 Å². The lowest BCUT2D eigenvalue weighted by Gasteiger charge is -2.11.